The molecule has 0 saturated heterocycles. The van der Waals surface area contributed by atoms with Crippen molar-refractivity contribution < 1.29 is 4.79 Å². The molecule has 1 amide bonds. The molecule has 1 saturated carbocycles. The maximum absolute atomic E-state index is 12.4. The van der Waals surface area contributed by atoms with Crippen molar-refractivity contribution in [1.82, 2.24) is 14.5 Å². The van der Waals surface area contributed by atoms with Crippen LogP contribution in [-0.4, -0.2) is 32.4 Å². The molecule has 0 aromatic carbocycles. The van der Waals surface area contributed by atoms with Crippen molar-refractivity contribution in [3.05, 3.63) is 18.2 Å². The molecule has 5 heteroatoms. The Morgan fingerprint density at radius 1 is 1.58 bits per heavy atom. The zero-order valence-electron chi connectivity index (χ0n) is 12.0. The lowest BCUT2D eigenvalue weighted by molar-refractivity contribution is -0.133. The monoisotopic (exact) mass is 264 g/mol. The number of hydrogen-bond donors (Lipinski definition) is 1. The van der Waals surface area contributed by atoms with Crippen LogP contribution >= 0.6 is 0 Å². The van der Waals surface area contributed by atoms with Crippen LogP contribution in [0.2, 0.25) is 0 Å². The van der Waals surface area contributed by atoms with E-state index in [-0.39, 0.29) is 11.9 Å². The van der Waals surface area contributed by atoms with Gasteiger partial charge in [0.2, 0.25) is 5.91 Å². The predicted octanol–water partition coefficient (Wildman–Crippen LogP) is 1.28. The molecule has 1 aromatic heterocycles. The summed E-state index contributed by atoms with van der Waals surface area (Å²) in [6.07, 6.45) is 6.31. The number of amides is 1. The molecule has 0 aliphatic heterocycles. The van der Waals surface area contributed by atoms with E-state index in [1.165, 1.54) is 0 Å². The van der Waals surface area contributed by atoms with Gasteiger partial charge in [-0.1, -0.05) is 13.8 Å². The average molecular weight is 264 g/mol. The summed E-state index contributed by atoms with van der Waals surface area (Å²) in [5.41, 5.74) is 6.01. The normalized spacial score (nSPS) is 16.7. The van der Waals surface area contributed by atoms with Gasteiger partial charge in [0.15, 0.2) is 0 Å². The summed E-state index contributed by atoms with van der Waals surface area (Å²) in [4.78, 5) is 18.6. The van der Waals surface area contributed by atoms with Crippen LogP contribution in [0.1, 0.15) is 38.9 Å². The Balaban J connectivity index is 2.00. The van der Waals surface area contributed by atoms with E-state index in [9.17, 15) is 4.79 Å². The fourth-order valence-electron chi connectivity index (χ4n) is 2.06. The van der Waals surface area contributed by atoms with Gasteiger partial charge in [0.05, 0.1) is 6.54 Å². The van der Waals surface area contributed by atoms with E-state index >= 15 is 0 Å². The molecule has 0 spiro atoms. The van der Waals surface area contributed by atoms with E-state index in [1.807, 2.05) is 22.7 Å². The largest absolute Gasteiger partial charge is 0.337 e. The van der Waals surface area contributed by atoms with E-state index in [4.69, 9.17) is 5.73 Å². The third kappa shape index (κ3) is 3.56. The molecular formula is C14H24N4O. The molecule has 1 heterocycles. The minimum absolute atomic E-state index is 0.0601. The number of aromatic nitrogens is 2. The van der Waals surface area contributed by atoms with E-state index < -0.39 is 0 Å². The molecule has 1 unspecified atom stereocenters. The van der Waals surface area contributed by atoms with Crippen molar-refractivity contribution in [2.75, 3.05) is 0 Å². The van der Waals surface area contributed by atoms with Crippen molar-refractivity contribution in [1.29, 1.82) is 0 Å². The van der Waals surface area contributed by atoms with Gasteiger partial charge in [0, 0.05) is 37.9 Å². The number of aryl methyl sites for hydroxylation is 1. The van der Waals surface area contributed by atoms with E-state index in [0.717, 1.165) is 18.7 Å². The second kappa shape index (κ2) is 5.74. The minimum atomic E-state index is -0.0601. The summed E-state index contributed by atoms with van der Waals surface area (Å²) in [6.45, 7) is 4.70. The Labute approximate surface area is 114 Å². The van der Waals surface area contributed by atoms with Gasteiger partial charge in [-0.05, 0) is 18.8 Å². The molecule has 0 radical (unpaired) electrons. The fourth-order valence-corrected chi connectivity index (χ4v) is 2.06. The molecule has 1 fully saturated rings. The van der Waals surface area contributed by atoms with Crippen molar-refractivity contribution >= 4 is 5.91 Å². The van der Waals surface area contributed by atoms with Crippen LogP contribution in [0.3, 0.4) is 0 Å². The highest BCUT2D eigenvalue weighted by Crippen LogP contribution is 2.29. The number of imidazole rings is 1. The van der Waals surface area contributed by atoms with Gasteiger partial charge in [-0.25, -0.2) is 4.98 Å². The lowest BCUT2D eigenvalue weighted by Crippen LogP contribution is -2.39. The van der Waals surface area contributed by atoms with Gasteiger partial charge in [-0.15, -0.1) is 0 Å². The zero-order valence-corrected chi connectivity index (χ0v) is 12.0. The molecule has 19 heavy (non-hydrogen) atoms. The number of rotatable bonds is 6. The van der Waals surface area contributed by atoms with E-state index in [0.29, 0.717) is 24.9 Å². The van der Waals surface area contributed by atoms with Crippen LogP contribution in [0, 0.1) is 5.92 Å². The number of carbonyl (C=O) groups is 1. The van der Waals surface area contributed by atoms with Gasteiger partial charge in [-0.2, -0.15) is 0 Å². The lowest BCUT2D eigenvalue weighted by Gasteiger charge is -2.25. The number of nitrogens with two attached hydrogens (primary N) is 1. The molecule has 2 rings (SSSR count). The third-order valence-corrected chi connectivity index (χ3v) is 3.81. The molecule has 1 aliphatic rings. The Morgan fingerprint density at radius 3 is 2.74 bits per heavy atom. The first-order valence-electron chi connectivity index (χ1n) is 7.00. The van der Waals surface area contributed by atoms with Gasteiger partial charge in [0.25, 0.3) is 0 Å². The number of nitrogens with zero attached hydrogens (tertiary/aromatic N) is 3. The van der Waals surface area contributed by atoms with E-state index in [1.54, 1.807) is 6.20 Å². The predicted molar refractivity (Wildman–Crippen MR) is 74.2 cm³/mol. The van der Waals surface area contributed by atoms with Crippen LogP contribution in [0.4, 0.5) is 0 Å². The van der Waals surface area contributed by atoms with Crippen LogP contribution in [-0.2, 0) is 18.4 Å². The molecule has 0 bridgehead atoms. The lowest BCUT2D eigenvalue weighted by atomic mass is 10.0. The first kappa shape index (κ1) is 14.1. The van der Waals surface area contributed by atoms with Crippen molar-refractivity contribution in [2.45, 2.75) is 51.7 Å². The highest BCUT2D eigenvalue weighted by Gasteiger charge is 2.33. The summed E-state index contributed by atoms with van der Waals surface area (Å²) >= 11 is 0. The summed E-state index contributed by atoms with van der Waals surface area (Å²) in [7, 11) is 1.96. The Hall–Kier alpha value is -1.36. The second-order valence-electron chi connectivity index (χ2n) is 5.82. The maximum Gasteiger partial charge on any atom is 0.224 e. The van der Waals surface area contributed by atoms with Gasteiger partial charge in [0.1, 0.15) is 5.82 Å². The van der Waals surface area contributed by atoms with Crippen LogP contribution in [0.25, 0.3) is 0 Å². The first-order valence-corrected chi connectivity index (χ1v) is 7.00. The van der Waals surface area contributed by atoms with Crippen LogP contribution in [0.15, 0.2) is 12.4 Å². The smallest absolute Gasteiger partial charge is 0.224 e. The van der Waals surface area contributed by atoms with Crippen LogP contribution in [0.5, 0.6) is 0 Å². The molecule has 5 nitrogen and oxygen atoms in total. The fraction of sp³-hybridized carbons (Fsp3) is 0.714. The minimum Gasteiger partial charge on any atom is -0.337 e. The SMILES string of the molecule is CC(C)C(N)CC(=O)N(Cc1nccn1C)C1CC1. The average Bonchev–Trinajstić information content (AvgIpc) is 3.10. The van der Waals surface area contributed by atoms with Crippen molar-refractivity contribution in [3.63, 3.8) is 0 Å². The summed E-state index contributed by atoms with van der Waals surface area (Å²) < 4.78 is 1.96. The second-order valence-corrected chi connectivity index (χ2v) is 5.82. The Bertz CT molecular complexity index is 436. The summed E-state index contributed by atoms with van der Waals surface area (Å²) in [5.74, 6) is 1.42. The quantitative estimate of drug-likeness (QED) is 0.842. The van der Waals surface area contributed by atoms with Crippen LogP contribution < -0.4 is 5.73 Å². The Morgan fingerprint density at radius 2 is 2.26 bits per heavy atom. The third-order valence-electron chi connectivity index (χ3n) is 3.81. The molecule has 1 aromatic rings. The topological polar surface area (TPSA) is 64.2 Å². The highest BCUT2D eigenvalue weighted by molar-refractivity contribution is 5.77. The maximum atomic E-state index is 12.4. The summed E-state index contributed by atoms with van der Waals surface area (Å²) in [6, 6.07) is 0.332. The first-order chi connectivity index (χ1) is 8.99. The Kier molecular flexibility index (Phi) is 4.24. The number of carbonyl (C=O) groups excluding carboxylic acids is 1. The molecule has 1 atom stereocenters. The van der Waals surface area contributed by atoms with Gasteiger partial charge in [-0.3, -0.25) is 4.79 Å². The van der Waals surface area contributed by atoms with E-state index in [2.05, 4.69) is 18.8 Å². The molecule has 2 N–H and O–H groups in total. The molecule has 106 valence electrons. The van der Waals surface area contributed by atoms with Crippen molar-refractivity contribution in [2.24, 2.45) is 18.7 Å². The zero-order chi connectivity index (χ0) is 14.0. The van der Waals surface area contributed by atoms with Gasteiger partial charge >= 0.3 is 0 Å². The van der Waals surface area contributed by atoms with Gasteiger partial charge < -0.3 is 15.2 Å². The molecule has 1 aliphatic carbocycles. The summed E-state index contributed by atoms with van der Waals surface area (Å²) in [5, 5.41) is 0. The molecular weight excluding hydrogens is 240 g/mol. The van der Waals surface area contributed by atoms with Crippen molar-refractivity contribution in [3.8, 4) is 0 Å². The highest BCUT2D eigenvalue weighted by atomic mass is 16.2. The standard InChI is InChI=1S/C14H24N4O/c1-10(2)12(15)8-14(19)18(11-4-5-11)9-13-16-6-7-17(13)3/h6-7,10-12H,4-5,8-9,15H2,1-3H3. The number of hydrogen-bond acceptors (Lipinski definition) is 3.